The van der Waals surface area contributed by atoms with Gasteiger partial charge in [-0.1, -0.05) is 5.57 Å². The van der Waals surface area contributed by atoms with Gasteiger partial charge in [-0.05, 0) is 33.8 Å². The van der Waals surface area contributed by atoms with Gasteiger partial charge in [-0.3, -0.25) is 17.7 Å². The minimum atomic E-state index is -4.72. The molecule has 0 spiro atoms. The molecular weight excluding hydrogens is 297 g/mol. The van der Waals surface area contributed by atoms with Crippen LogP contribution in [0.4, 0.5) is 13.2 Å². The average molecular weight is 311 g/mol. The summed E-state index contributed by atoms with van der Waals surface area (Å²) in [6, 6.07) is 0. The molecular formula is C10H14BrF3MgO. The maximum Gasteiger partial charge on any atom is 0.498 e. The summed E-state index contributed by atoms with van der Waals surface area (Å²) in [5, 5.41) is 0. The molecule has 0 rings (SSSR count). The summed E-state index contributed by atoms with van der Waals surface area (Å²) in [6.07, 6.45) is -4.16. The molecule has 0 radical (unpaired) electrons. The van der Waals surface area contributed by atoms with Gasteiger partial charge in [0.05, 0.1) is 0 Å². The Morgan fingerprint density at radius 1 is 1.12 bits per heavy atom. The molecule has 0 heterocycles. The Morgan fingerprint density at radius 3 is 1.62 bits per heavy atom. The zero-order valence-corrected chi connectivity index (χ0v) is 12.8. The lowest BCUT2D eigenvalue weighted by molar-refractivity contribution is -0.165. The normalized spacial score (nSPS) is 9.25. The van der Waals surface area contributed by atoms with Crippen molar-refractivity contribution in [1.29, 1.82) is 0 Å². The van der Waals surface area contributed by atoms with Crippen LogP contribution in [0.3, 0.4) is 0 Å². The van der Waals surface area contributed by atoms with E-state index in [0.717, 1.165) is 0 Å². The average Bonchev–Trinajstić information content (AvgIpc) is 2.01. The molecule has 0 aliphatic rings. The van der Waals surface area contributed by atoms with Crippen LogP contribution in [-0.4, -0.2) is 30.2 Å². The largest absolute Gasteiger partial charge is 0.498 e. The van der Waals surface area contributed by atoms with Crippen molar-refractivity contribution < 1.29 is 18.0 Å². The summed E-state index contributed by atoms with van der Waals surface area (Å²) in [4.78, 5) is 10.1. The van der Waals surface area contributed by atoms with E-state index in [0.29, 0.717) is 11.6 Å². The molecule has 0 aromatic carbocycles. The van der Waals surface area contributed by atoms with Crippen molar-refractivity contribution in [3.05, 3.63) is 21.4 Å². The third-order valence-corrected chi connectivity index (χ3v) is 3.13. The van der Waals surface area contributed by atoms with E-state index in [4.69, 9.17) is 0 Å². The number of allylic oxidation sites excluding steroid dienone is 3. The van der Waals surface area contributed by atoms with Gasteiger partial charge in [0.2, 0.25) is 0 Å². The molecule has 0 atom stereocenters. The number of alkyl halides is 3. The first-order chi connectivity index (χ1) is 7.11. The lowest BCUT2D eigenvalue weighted by atomic mass is 10.2. The van der Waals surface area contributed by atoms with Gasteiger partial charge in [-0.15, -0.1) is 5.57 Å². The zero-order valence-electron chi connectivity index (χ0n) is 9.78. The summed E-state index contributed by atoms with van der Waals surface area (Å²) in [5.41, 5.74) is 1.78. The minimum Gasteiger partial charge on any atom is -0.297 e. The fraction of sp³-hybridized carbons (Fsp3) is 0.500. The van der Waals surface area contributed by atoms with Crippen molar-refractivity contribution in [2.24, 2.45) is 0 Å². The summed E-state index contributed by atoms with van der Waals surface area (Å²) < 4.78 is 36.5. The second kappa shape index (κ2) is 9.24. The van der Waals surface area contributed by atoms with E-state index in [1.54, 1.807) is 0 Å². The second-order valence-electron chi connectivity index (χ2n) is 3.52. The van der Waals surface area contributed by atoms with Crippen LogP contribution in [-0.2, 0) is 4.79 Å². The number of hydrogen-bond acceptors (Lipinski definition) is 1. The van der Waals surface area contributed by atoms with Gasteiger partial charge in [0.25, 0.3) is 5.78 Å². The Bertz CT molecular complexity index is 274. The highest BCUT2D eigenvalue weighted by molar-refractivity contribution is 9.23. The van der Waals surface area contributed by atoms with E-state index in [9.17, 15) is 18.0 Å². The molecule has 0 amide bonds. The number of ketones is 1. The number of carbonyl (C=O) groups is 1. The van der Waals surface area contributed by atoms with Crippen molar-refractivity contribution in [2.45, 2.75) is 33.9 Å². The Labute approximate surface area is 110 Å². The number of rotatable bonds is 2. The Balaban J connectivity index is 0. The third kappa shape index (κ3) is 14.2. The van der Waals surface area contributed by atoms with Crippen molar-refractivity contribution in [2.75, 3.05) is 0 Å². The monoisotopic (exact) mass is 310 g/mol. The summed E-state index contributed by atoms with van der Waals surface area (Å²) in [6.45, 7) is 7.11. The molecule has 0 saturated heterocycles. The van der Waals surface area contributed by atoms with Crippen molar-refractivity contribution in [1.82, 2.24) is 0 Å². The summed E-state index contributed by atoms with van der Waals surface area (Å²) >= 11 is 3.43. The predicted octanol–water partition coefficient (Wildman–Crippen LogP) is 4.01. The molecule has 0 unspecified atom stereocenters. The van der Waals surface area contributed by atoms with Gasteiger partial charge in [-0.2, -0.15) is 17.4 Å². The van der Waals surface area contributed by atoms with E-state index in [2.05, 4.69) is 30.9 Å². The Morgan fingerprint density at radius 2 is 1.56 bits per heavy atom. The maximum atomic E-state index is 11.4. The van der Waals surface area contributed by atoms with Gasteiger partial charge < -0.3 is 0 Å². The molecule has 0 N–H and O–H groups in total. The smallest absolute Gasteiger partial charge is 0.297 e. The molecule has 90 valence electrons. The fourth-order valence-electron chi connectivity index (χ4n) is 0.498. The predicted molar refractivity (Wildman–Crippen MR) is 64.6 cm³/mol. The summed E-state index contributed by atoms with van der Waals surface area (Å²) in [7, 11) is 0. The molecule has 0 fully saturated rings. The first-order valence-electron chi connectivity index (χ1n) is 4.56. The first kappa shape index (κ1) is 18.5. The van der Waals surface area contributed by atoms with E-state index >= 15 is 0 Å². The minimum absolute atomic E-state index is 0.0170. The van der Waals surface area contributed by atoms with Crippen LogP contribution in [0.1, 0.15) is 27.7 Å². The number of carbonyl (C=O) groups excluding carboxylic acids is 1. The van der Waals surface area contributed by atoms with Crippen LogP contribution in [0.15, 0.2) is 21.4 Å². The van der Waals surface area contributed by atoms with Gasteiger partial charge in [0, 0.05) is 0 Å². The van der Waals surface area contributed by atoms with Crippen LogP contribution in [0.25, 0.3) is 0 Å². The van der Waals surface area contributed by atoms with Crippen LogP contribution < -0.4 is 0 Å². The van der Waals surface area contributed by atoms with Gasteiger partial charge in [-0.25, -0.2) is 0 Å². The van der Waals surface area contributed by atoms with Crippen molar-refractivity contribution >= 4 is 36.9 Å². The second-order valence-corrected chi connectivity index (χ2v) is 6.18. The topological polar surface area (TPSA) is 17.1 Å². The van der Waals surface area contributed by atoms with Gasteiger partial charge >= 0.3 is 24.4 Å². The van der Waals surface area contributed by atoms with E-state index in [-0.39, 0.29) is 18.2 Å². The lowest BCUT2D eigenvalue weighted by Gasteiger charge is -1.99. The molecule has 0 aliphatic heterocycles. The SMILES string of the molecule is CC(C)=CC(=O)C(F)(F)F.CC(C)=[CH][Mg][Br]. The molecule has 0 saturated carbocycles. The van der Waals surface area contributed by atoms with Crippen molar-refractivity contribution in [3.8, 4) is 0 Å². The highest BCUT2D eigenvalue weighted by atomic mass is 79.9. The first-order valence-corrected chi connectivity index (χ1v) is 9.28. The molecule has 16 heavy (non-hydrogen) atoms. The fourth-order valence-corrected chi connectivity index (χ4v) is 2.75. The molecule has 0 aromatic heterocycles. The standard InChI is InChI=1S/C6H7F3O.C4H7.BrH.Mg/c1-4(2)3-5(10)6(7,8)9;1-4(2)3;;/h3H,1-2H3;1H,2-3H3;1H;/q;;;+1/p-1. The number of hydrogen-bond donors (Lipinski definition) is 0. The molecule has 0 aromatic rings. The van der Waals surface area contributed by atoms with Crippen molar-refractivity contribution in [3.63, 3.8) is 0 Å². The van der Waals surface area contributed by atoms with Gasteiger partial charge in [0.1, 0.15) is 0 Å². The van der Waals surface area contributed by atoms with Crippen LogP contribution in [0.5, 0.6) is 0 Å². The van der Waals surface area contributed by atoms with Crippen LogP contribution in [0.2, 0.25) is 0 Å². The lowest BCUT2D eigenvalue weighted by Crippen LogP contribution is -2.20. The number of halogens is 4. The molecule has 0 aliphatic carbocycles. The zero-order chi connectivity index (χ0) is 13.4. The van der Waals surface area contributed by atoms with E-state index in [1.807, 2.05) is 0 Å². The summed E-state index contributed by atoms with van der Waals surface area (Å²) in [5.74, 6) is -1.80. The van der Waals surface area contributed by atoms with Crippen LogP contribution >= 0.6 is 12.9 Å². The highest BCUT2D eigenvalue weighted by Crippen LogP contribution is 2.16. The van der Waals surface area contributed by atoms with E-state index in [1.165, 1.54) is 19.4 Å². The quantitative estimate of drug-likeness (QED) is 0.556. The van der Waals surface area contributed by atoms with Crippen LogP contribution in [0, 0.1) is 0 Å². The van der Waals surface area contributed by atoms with E-state index < -0.39 is 12.0 Å². The Kier molecular flexibility index (Phi) is 10.7. The van der Waals surface area contributed by atoms with Gasteiger partial charge in [0.15, 0.2) is 0 Å². The third-order valence-electron chi connectivity index (χ3n) is 1.18. The molecule has 0 bridgehead atoms. The Hall–Kier alpha value is 0.186. The maximum absolute atomic E-state index is 11.4. The molecule has 6 heteroatoms. The molecule has 1 nitrogen and oxygen atoms in total. The highest BCUT2D eigenvalue weighted by Gasteiger charge is 2.36.